The highest BCUT2D eigenvalue weighted by Gasteiger charge is 2.16. The standard InChI is InChI=1S/C20H17NO3/c1-12-6-17(24-20-9-16(22)4-5-19(12)20)10-18-8-15(13(2)11-21)7-14(3)23-18/h4-10,22H,1-3H3/b15-13-,17-10?. The third kappa shape index (κ3) is 3.11. The minimum atomic E-state index is 0.157. The maximum absolute atomic E-state index is 9.64. The zero-order chi connectivity index (χ0) is 17.3. The highest BCUT2D eigenvalue weighted by molar-refractivity contribution is 5.74. The summed E-state index contributed by atoms with van der Waals surface area (Å²) in [5.41, 5.74) is 3.43. The van der Waals surface area contributed by atoms with Crippen molar-refractivity contribution in [2.75, 3.05) is 0 Å². The molecule has 0 fully saturated rings. The van der Waals surface area contributed by atoms with E-state index in [1.54, 1.807) is 25.1 Å². The van der Waals surface area contributed by atoms with Crippen molar-refractivity contribution in [3.05, 3.63) is 76.5 Å². The summed E-state index contributed by atoms with van der Waals surface area (Å²) in [6, 6.07) is 7.20. The van der Waals surface area contributed by atoms with Gasteiger partial charge in [0.1, 0.15) is 28.8 Å². The normalized spacial score (nSPS) is 19.9. The monoisotopic (exact) mass is 319 g/mol. The van der Waals surface area contributed by atoms with E-state index in [0.29, 0.717) is 28.6 Å². The van der Waals surface area contributed by atoms with Crippen molar-refractivity contribution < 1.29 is 14.6 Å². The van der Waals surface area contributed by atoms with Gasteiger partial charge in [0.25, 0.3) is 0 Å². The van der Waals surface area contributed by atoms with E-state index in [2.05, 4.69) is 6.07 Å². The zero-order valence-electron chi connectivity index (χ0n) is 13.8. The fourth-order valence-electron chi connectivity index (χ4n) is 2.59. The highest BCUT2D eigenvalue weighted by atomic mass is 16.5. The van der Waals surface area contributed by atoms with Gasteiger partial charge < -0.3 is 14.6 Å². The first-order valence-electron chi connectivity index (χ1n) is 7.56. The predicted molar refractivity (Wildman–Crippen MR) is 91.7 cm³/mol. The van der Waals surface area contributed by atoms with Crippen molar-refractivity contribution in [1.29, 1.82) is 5.26 Å². The maximum Gasteiger partial charge on any atom is 0.138 e. The number of aromatic hydroxyl groups is 1. The second-order valence-corrected chi connectivity index (χ2v) is 5.75. The first kappa shape index (κ1) is 15.7. The van der Waals surface area contributed by atoms with Crippen LogP contribution in [0.5, 0.6) is 11.5 Å². The third-order valence-electron chi connectivity index (χ3n) is 3.80. The zero-order valence-corrected chi connectivity index (χ0v) is 13.8. The number of fused-ring (bicyclic) bond motifs is 1. The Bertz CT molecular complexity index is 905. The number of phenols is 1. The number of rotatable bonds is 1. The topological polar surface area (TPSA) is 62.5 Å². The number of nitrogens with zero attached hydrogens (tertiary/aromatic N) is 1. The molecule has 2 aliphatic rings. The van der Waals surface area contributed by atoms with Crippen molar-refractivity contribution >= 4 is 5.57 Å². The van der Waals surface area contributed by atoms with Gasteiger partial charge in [-0.05, 0) is 62.3 Å². The second kappa shape index (κ2) is 6.13. The average Bonchev–Trinajstić information content (AvgIpc) is 2.53. The second-order valence-electron chi connectivity index (χ2n) is 5.75. The molecule has 0 aliphatic carbocycles. The Balaban J connectivity index is 1.97. The molecule has 0 spiro atoms. The number of hydrogen-bond acceptors (Lipinski definition) is 4. The third-order valence-corrected chi connectivity index (χ3v) is 3.80. The lowest BCUT2D eigenvalue weighted by molar-refractivity contribution is 0.313. The van der Waals surface area contributed by atoms with Crippen molar-refractivity contribution in [2.24, 2.45) is 0 Å². The van der Waals surface area contributed by atoms with Gasteiger partial charge in [-0.3, -0.25) is 0 Å². The van der Waals surface area contributed by atoms with E-state index >= 15 is 0 Å². The summed E-state index contributed by atoms with van der Waals surface area (Å²) in [5.74, 6) is 2.68. The van der Waals surface area contributed by atoms with Crippen LogP contribution in [-0.2, 0) is 4.74 Å². The molecular weight excluding hydrogens is 302 g/mol. The molecule has 1 N–H and O–H groups in total. The summed E-state index contributed by atoms with van der Waals surface area (Å²) in [4.78, 5) is 0. The smallest absolute Gasteiger partial charge is 0.138 e. The van der Waals surface area contributed by atoms with Crippen LogP contribution < -0.4 is 4.74 Å². The first-order valence-corrected chi connectivity index (χ1v) is 7.56. The minimum absolute atomic E-state index is 0.157. The fraction of sp³-hybridized carbons (Fsp3) is 0.150. The van der Waals surface area contributed by atoms with Gasteiger partial charge in [-0.15, -0.1) is 0 Å². The van der Waals surface area contributed by atoms with Gasteiger partial charge in [-0.1, -0.05) is 0 Å². The van der Waals surface area contributed by atoms with Crippen LogP contribution in [0.15, 0.2) is 70.9 Å². The number of nitriles is 1. The van der Waals surface area contributed by atoms with Crippen LogP contribution in [0.2, 0.25) is 0 Å². The molecule has 0 bridgehead atoms. The molecule has 0 aromatic heterocycles. The maximum atomic E-state index is 9.64. The molecule has 0 saturated heterocycles. The van der Waals surface area contributed by atoms with E-state index in [9.17, 15) is 5.11 Å². The molecule has 4 heteroatoms. The van der Waals surface area contributed by atoms with Gasteiger partial charge in [-0.2, -0.15) is 5.26 Å². The number of allylic oxidation sites excluding steroid dienone is 8. The van der Waals surface area contributed by atoms with Crippen molar-refractivity contribution in [3.63, 3.8) is 0 Å². The van der Waals surface area contributed by atoms with Crippen LogP contribution in [0, 0.1) is 11.3 Å². The lowest BCUT2D eigenvalue weighted by Crippen LogP contribution is -2.04. The molecule has 2 aliphatic heterocycles. The number of ether oxygens (including phenoxy) is 2. The van der Waals surface area contributed by atoms with Crippen LogP contribution in [0.25, 0.3) is 5.57 Å². The van der Waals surface area contributed by atoms with E-state index in [1.165, 1.54) is 0 Å². The number of phenolic OH excluding ortho intramolecular Hbond substituents is 1. The highest BCUT2D eigenvalue weighted by Crippen LogP contribution is 2.36. The first-order chi connectivity index (χ1) is 11.5. The minimum Gasteiger partial charge on any atom is -0.508 e. The summed E-state index contributed by atoms with van der Waals surface area (Å²) in [7, 11) is 0. The number of benzene rings is 1. The van der Waals surface area contributed by atoms with E-state index < -0.39 is 0 Å². The molecule has 0 amide bonds. The van der Waals surface area contributed by atoms with E-state index in [-0.39, 0.29) is 5.75 Å². The van der Waals surface area contributed by atoms with Crippen LogP contribution in [0.4, 0.5) is 0 Å². The Morgan fingerprint density at radius 2 is 1.96 bits per heavy atom. The predicted octanol–water partition coefficient (Wildman–Crippen LogP) is 4.73. The molecule has 0 atom stereocenters. The van der Waals surface area contributed by atoms with E-state index in [1.807, 2.05) is 38.1 Å². The molecule has 1 aromatic rings. The van der Waals surface area contributed by atoms with Gasteiger partial charge in [0.15, 0.2) is 0 Å². The average molecular weight is 319 g/mol. The van der Waals surface area contributed by atoms with Crippen LogP contribution in [-0.4, -0.2) is 5.11 Å². The summed E-state index contributed by atoms with van der Waals surface area (Å²) < 4.78 is 11.6. The largest absolute Gasteiger partial charge is 0.508 e. The summed E-state index contributed by atoms with van der Waals surface area (Å²) in [6.07, 6.45) is 7.33. The molecule has 0 saturated carbocycles. The Labute approximate surface area is 140 Å². The van der Waals surface area contributed by atoms with Crippen molar-refractivity contribution in [3.8, 4) is 17.6 Å². The Morgan fingerprint density at radius 1 is 1.17 bits per heavy atom. The molecule has 0 unspecified atom stereocenters. The molecule has 0 radical (unpaired) electrons. The van der Waals surface area contributed by atoms with Gasteiger partial charge in [0, 0.05) is 23.3 Å². The molecule has 1 aromatic carbocycles. The molecule has 4 nitrogen and oxygen atoms in total. The molecular formula is C20H17NO3. The summed E-state index contributed by atoms with van der Waals surface area (Å²) >= 11 is 0. The molecule has 120 valence electrons. The Morgan fingerprint density at radius 3 is 2.71 bits per heavy atom. The lowest BCUT2D eigenvalue weighted by atomic mass is 10.0. The Hall–Kier alpha value is -3.19. The molecule has 3 rings (SSSR count). The van der Waals surface area contributed by atoms with Crippen molar-refractivity contribution in [2.45, 2.75) is 20.8 Å². The van der Waals surface area contributed by atoms with Crippen molar-refractivity contribution in [1.82, 2.24) is 0 Å². The van der Waals surface area contributed by atoms with Crippen LogP contribution >= 0.6 is 0 Å². The van der Waals surface area contributed by atoms with Gasteiger partial charge in [0.05, 0.1) is 6.07 Å². The van der Waals surface area contributed by atoms with Gasteiger partial charge >= 0.3 is 0 Å². The fourth-order valence-corrected chi connectivity index (χ4v) is 2.59. The van der Waals surface area contributed by atoms with Gasteiger partial charge in [0.2, 0.25) is 0 Å². The quantitative estimate of drug-likeness (QED) is 0.760. The van der Waals surface area contributed by atoms with Crippen LogP contribution in [0.1, 0.15) is 26.3 Å². The number of hydrogen-bond donors (Lipinski definition) is 1. The summed E-state index contributed by atoms with van der Waals surface area (Å²) in [6.45, 7) is 5.59. The SMILES string of the molecule is CC1=C/C(=C(\C)C#N)C=C(C=C2C=C(C)c3ccc(O)cc3O2)O1. The lowest BCUT2D eigenvalue weighted by Gasteiger charge is -2.20. The molecule has 24 heavy (non-hydrogen) atoms. The van der Waals surface area contributed by atoms with Crippen LogP contribution in [0.3, 0.4) is 0 Å². The van der Waals surface area contributed by atoms with E-state index in [0.717, 1.165) is 16.7 Å². The molecule has 2 heterocycles. The van der Waals surface area contributed by atoms with E-state index in [4.69, 9.17) is 14.7 Å². The van der Waals surface area contributed by atoms with Gasteiger partial charge in [-0.25, -0.2) is 0 Å². The summed E-state index contributed by atoms with van der Waals surface area (Å²) in [5, 5.41) is 18.7. The Kier molecular flexibility index (Phi) is 4.01.